The van der Waals surface area contributed by atoms with Crippen molar-refractivity contribution >= 4 is 0 Å². The van der Waals surface area contributed by atoms with Crippen LogP contribution >= 0.6 is 0 Å². The van der Waals surface area contributed by atoms with E-state index in [1.807, 2.05) is 0 Å². The zero-order chi connectivity index (χ0) is 11.4. The molecule has 2 aliphatic rings. The van der Waals surface area contributed by atoms with Crippen molar-refractivity contribution in [3.05, 3.63) is 0 Å². The summed E-state index contributed by atoms with van der Waals surface area (Å²) >= 11 is 0. The topological polar surface area (TPSA) is 15.3 Å². The number of nitrogens with one attached hydrogen (secondary N) is 1. The van der Waals surface area contributed by atoms with Crippen molar-refractivity contribution in [1.29, 1.82) is 0 Å². The minimum Gasteiger partial charge on any atom is -0.308 e. The predicted molar refractivity (Wildman–Crippen MR) is 65.4 cm³/mol. The summed E-state index contributed by atoms with van der Waals surface area (Å²) in [6.45, 7) is 5.25. The van der Waals surface area contributed by atoms with E-state index in [4.69, 9.17) is 0 Å². The number of halogens is 1. The number of piperazine rings is 1. The van der Waals surface area contributed by atoms with E-state index < -0.39 is 0 Å². The third-order valence-electron chi connectivity index (χ3n) is 4.35. The molecule has 1 spiro atoms. The Bertz CT molecular complexity index is 214. The van der Waals surface area contributed by atoms with Crippen LogP contribution < -0.4 is 5.32 Å². The zero-order valence-corrected chi connectivity index (χ0v) is 10.5. The first-order valence-corrected chi connectivity index (χ1v) is 6.85. The summed E-state index contributed by atoms with van der Waals surface area (Å²) < 4.78 is 12.3. The maximum absolute atomic E-state index is 12.3. The lowest BCUT2D eigenvalue weighted by atomic mass is 9.91. The van der Waals surface area contributed by atoms with Gasteiger partial charge in [0.05, 0.1) is 6.67 Å². The lowest BCUT2D eigenvalue weighted by Crippen LogP contribution is -2.63. The molecule has 0 amide bonds. The van der Waals surface area contributed by atoms with Gasteiger partial charge in [0.15, 0.2) is 0 Å². The standard InChI is InChI=1S/C13H25FN2/c1-2-12-10-15-13(6-3-4-7-13)11-16(12)9-5-8-14/h12,15H,2-11H2,1H3. The van der Waals surface area contributed by atoms with E-state index in [0.717, 1.165) is 19.6 Å². The highest BCUT2D eigenvalue weighted by atomic mass is 19.1. The molecule has 1 saturated carbocycles. The van der Waals surface area contributed by atoms with Crippen LogP contribution in [0.25, 0.3) is 0 Å². The highest BCUT2D eigenvalue weighted by Crippen LogP contribution is 2.33. The summed E-state index contributed by atoms with van der Waals surface area (Å²) in [4.78, 5) is 2.53. The molecule has 1 heterocycles. The summed E-state index contributed by atoms with van der Waals surface area (Å²) in [6.07, 6.45) is 7.23. The van der Waals surface area contributed by atoms with Crippen molar-refractivity contribution in [3.63, 3.8) is 0 Å². The SMILES string of the molecule is CCC1CNC2(CCCC2)CN1CCCF. The molecule has 1 atom stereocenters. The fraction of sp³-hybridized carbons (Fsp3) is 1.00. The molecular formula is C13H25FN2. The minimum atomic E-state index is -0.173. The molecule has 16 heavy (non-hydrogen) atoms. The van der Waals surface area contributed by atoms with E-state index in [-0.39, 0.29) is 6.67 Å². The average molecular weight is 228 g/mol. The van der Waals surface area contributed by atoms with Gasteiger partial charge in [-0.15, -0.1) is 0 Å². The van der Waals surface area contributed by atoms with Crippen molar-refractivity contribution in [2.24, 2.45) is 0 Å². The van der Waals surface area contributed by atoms with Crippen LogP contribution in [0.4, 0.5) is 4.39 Å². The van der Waals surface area contributed by atoms with Crippen LogP contribution in [0, 0.1) is 0 Å². The van der Waals surface area contributed by atoms with Crippen molar-refractivity contribution in [2.45, 2.75) is 57.0 Å². The molecule has 0 bridgehead atoms. The smallest absolute Gasteiger partial charge is 0.0906 e. The van der Waals surface area contributed by atoms with E-state index >= 15 is 0 Å². The van der Waals surface area contributed by atoms with Crippen LogP contribution in [-0.4, -0.2) is 42.8 Å². The van der Waals surface area contributed by atoms with Gasteiger partial charge in [0.1, 0.15) is 0 Å². The Labute approximate surface area is 98.6 Å². The first-order chi connectivity index (χ1) is 7.79. The summed E-state index contributed by atoms with van der Waals surface area (Å²) in [5.74, 6) is 0. The molecular weight excluding hydrogens is 203 g/mol. The molecule has 2 fully saturated rings. The van der Waals surface area contributed by atoms with E-state index in [1.54, 1.807) is 0 Å². The number of hydrogen-bond acceptors (Lipinski definition) is 2. The largest absolute Gasteiger partial charge is 0.308 e. The fourth-order valence-corrected chi connectivity index (χ4v) is 3.35. The summed E-state index contributed by atoms with van der Waals surface area (Å²) in [5, 5.41) is 3.77. The quantitative estimate of drug-likeness (QED) is 0.794. The molecule has 0 radical (unpaired) electrons. The third-order valence-corrected chi connectivity index (χ3v) is 4.35. The maximum atomic E-state index is 12.3. The maximum Gasteiger partial charge on any atom is 0.0906 e. The molecule has 1 saturated heterocycles. The van der Waals surface area contributed by atoms with Crippen molar-refractivity contribution in [3.8, 4) is 0 Å². The van der Waals surface area contributed by atoms with Gasteiger partial charge in [-0.2, -0.15) is 0 Å². The van der Waals surface area contributed by atoms with Gasteiger partial charge >= 0.3 is 0 Å². The molecule has 2 rings (SSSR count). The van der Waals surface area contributed by atoms with Gasteiger partial charge in [-0.25, -0.2) is 0 Å². The fourth-order valence-electron chi connectivity index (χ4n) is 3.35. The molecule has 1 aliphatic carbocycles. The van der Waals surface area contributed by atoms with Crippen LogP contribution in [0.2, 0.25) is 0 Å². The Morgan fingerprint density at radius 3 is 2.75 bits per heavy atom. The number of hydrogen-bond donors (Lipinski definition) is 1. The van der Waals surface area contributed by atoms with Crippen LogP contribution in [0.15, 0.2) is 0 Å². The molecule has 1 unspecified atom stereocenters. The van der Waals surface area contributed by atoms with Gasteiger partial charge in [0, 0.05) is 31.2 Å². The highest BCUT2D eigenvalue weighted by Gasteiger charge is 2.40. The van der Waals surface area contributed by atoms with Crippen LogP contribution in [-0.2, 0) is 0 Å². The Balaban J connectivity index is 1.94. The predicted octanol–water partition coefficient (Wildman–Crippen LogP) is 2.34. The second kappa shape index (κ2) is 5.46. The lowest BCUT2D eigenvalue weighted by Gasteiger charge is -2.46. The Morgan fingerprint density at radius 1 is 1.38 bits per heavy atom. The van der Waals surface area contributed by atoms with Gasteiger partial charge in [0.2, 0.25) is 0 Å². The summed E-state index contributed by atoms with van der Waals surface area (Å²) in [6, 6.07) is 0.623. The second-order valence-electron chi connectivity index (χ2n) is 5.44. The van der Waals surface area contributed by atoms with Crippen molar-refractivity contribution in [2.75, 3.05) is 26.3 Å². The molecule has 94 valence electrons. The lowest BCUT2D eigenvalue weighted by molar-refractivity contribution is 0.0756. The molecule has 3 heteroatoms. The summed E-state index contributed by atoms with van der Waals surface area (Å²) in [7, 11) is 0. The minimum absolute atomic E-state index is 0.173. The van der Waals surface area contributed by atoms with Crippen LogP contribution in [0.5, 0.6) is 0 Å². The van der Waals surface area contributed by atoms with E-state index in [2.05, 4.69) is 17.1 Å². The van der Waals surface area contributed by atoms with Crippen LogP contribution in [0.3, 0.4) is 0 Å². The Kier molecular flexibility index (Phi) is 4.20. The first kappa shape index (κ1) is 12.3. The monoisotopic (exact) mass is 228 g/mol. The molecule has 0 aromatic rings. The third kappa shape index (κ3) is 2.57. The average Bonchev–Trinajstić information content (AvgIpc) is 2.75. The number of rotatable bonds is 4. The zero-order valence-electron chi connectivity index (χ0n) is 10.5. The van der Waals surface area contributed by atoms with Gasteiger partial charge in [-0.05, 0) is 25.7 Å². The van der Waals surface area contributed by atoms with E-state index in [0.29, 0.717) is 18.0 Å². The number of alkyl halides is 1. The Morgan fingerprint density at radius 2 is 2.12 bits per heavy atom. The summed E-state index contributed by atoms with van der Waals surface area (Å²) in [5.41, 5.74) is 0.377. The Hall–Kier alpha value is -0.150. The number of nitrogens with zero attached hydrogens (tertiary/aromatic N) is 1. The van der Waals surface area contributed by atoms with Crippen molar-refractivity contribution < 1.29 is 4.39 Å². The molecule has 0 aromatic carbocycles. The highest BCUT2D eigenvalue weighted by molar-refractivity contribution is 5.00. The second-order valence-corrected chi connectivity index (χ2v) is 5.44. The normalized spacial score (nSPS) is 30.0. The van der Waals surface area contributed by atoms with Crippen molar-refractivity contribution in [1.82, 2.24) is 10.2 Å². The first-order valence-electron chi connectivity index (χ1n) is 6.85. The van der Waals surface area contributed by atoms with Gasteiger partial charge in [-0.1, -0.05) is 19.8 Å². The molecule has 2 nitrogen and oxygen atoms in total. The molecule has 0 aromatic heterocycles. The van der Waals surface area contributed by atoms with E-state index in [9.17, 15) is 4.39 Å². The molecule has 1 N–H and O–H groups in total. The van der Waals surface area contributed by atoms with Gasteiger partial charge in [0.25, 0.3) is 0 Å². The van der Waals surface area contributed by atoms with E-state index in [1.165, 1.54) is 32.1 Å². The van der Waals surface area contributed by atoms with Crippen LogP contribution in [0.1, 0.15) is 45.4 Å². The van der Waals surface area contributed by atoms with Gasteiger partial charge < -0.3 is 5.32 Å². The van der Waals surface area contributed by atoms with Gasteiger partial charge in [-0.3, -0.25) is 9.29 Å². The molecule has 1 aliphatic heterocycles.